The van der Waals surface area contributed by atoms with Gasteiger partial charge in [-0.25, -0.2) is 13.2 Å². The van der Waals surface area contributed by atoms with E-state index in [1.165, 1.54) is 6.07 Å². The minimum absolute atomic E-state index is 0.0291. The van der Waals surface area contributed by atoms with Crippen molar-refractivity contribution in [2.45, 2.75) is 6.54 Å². The van der Waals surface area contributed by atoms with E-state index in [0.29, 0.717) is 11.6 Å². The highest BCUT2D eigenvalue weighted by molar-refractivity contribution is 5.94. The lowest BCUT2D eigenvalue weighted by Gasteiger charge is -2.08. The van der Waals surface area contributed by atoms with E-state index in [2.05, 4.69) is 5.32 Å². The molecular weight excluding hydrogens is 271 g/mol. The van der Waals surface area contributed by atoms with Crippen molar-refractivity contribution in [2.75, 3.05) is 0 Å². The Kier molecular flexibility index (Phi) is 3.93. The summed E-state index contributed by atoms with van der Waals surface area (Å²) in [6, 6.07) is 7.78. The van der Waals surface area contributed by atoms with E-state index in [1.807, 2.05) is 0 Å². The van der Waals surface area contributed by atoms with Crippen LogP contribution in [0.1, 0.15) is 15.9 Å². The molecule has 0 aliphatic carbocycles. The monoisotopic (exact) mass is 281 g/mol. The fourth-order valence-electron chi connectivity index (χ4n) is 1.63. The van der Waals surface area contributed by atoms with E-state index in [0.717, 1.165) is 6.07 Å². The van der Waals surface area contributed by atoms with Gasteiger partial charge in [-0.05, 0) is 18.2 Å². The maximum atomic E-state index is 13.4. The SMILES string of the molecule is O=C(NCc1ccccc1O)c1ccc(F)c(F)c1F. The van der Waals surface area contributed by atoms with Crippen molar-refractivity contribution in [3.63, 3.8) is 0 Å². The average molecular weight is 281 g/mol. The molecule has 0 spiro atoms. The van der Waals surface area contributed by atoms with E-state index in [1.54, 1.807) is 18.2 Å². The zero-order chi connectivity index (χ0) is 14.7. The fraction of sp³-hybridized carbons (Fsp3) is 0.0714. The molecule has 2 N–H and O–H groups in total. The van der Waals surface area contributed by atoms with E-state index >= 15 is 0 Å². The average Bonchev–Trinajstić information content (AvgIpc) is 2.44. The zero-order valence-corrected chi connectivity index (χ0v) is 10.2. The second-order valence-corrected chi connectivity index (χ2v) is 4.03. The summed E-state index contributed by atoms with van der Waals surface area (Å²) in [5.74, 6) is -5.53. The van der Waals surface area contributed by atoms with Gasteiger partial charge in [-0.15, -0.1) is 0 Å². The summed E-state index contributed by atoms with van der Waals surface area (Å²) in [5, 5.41) is 11.8. The van der Waals surface area contributed by atoms with Gasteiger partial charge in [0.25, 0.3) is 5.91 Å². The number of amides is 1. The topological polar surface area (TPSA) is 49.3 Å². The van der Waals surface area contributed by atoms with Gasteiger partial charge in [-0.1, -0.05) is 18.2 Å². The first-order chi connectivity index (χ1) is 9.50. The Morgan fingerprint density at radius 2 is 1.75 bits per heavy atom. The zero-order valence-electron chi connectivity index (χ0n) is 10.2. The van der Waals surface area contributed by atoms with Gasteiger partial charge in [0.2, 0.25) is 0 Å². The van der Waals surface area contributed by atoms with Crippen LogP contribution in [-0.2, 0) is 6.54 Å². The minimum Gasteiger partial charge on any atom is -0.508 e. The number of rotatable bonds is 3. The molecule has 104 valence electrons. The van der Waals surface area contributed by atoms with Crippen LogP contribution in [0.3, 0.4) is 0 Å². The summed E-state index contributed by atoms with van der Waals surface area (Å²) >= 11 is 0. The van der Waals surface area contributed by atoms with Gasteiger partial charge in [0.05, 0.1) is 5.56 Å². The van der Waals surface area contributed by atoms with Gasteiger partial charge < -0.3 is 10.4 Å². The molecule has 1 amide bonds. The molecule has 0 saturated carbocycles. The Bertz CT molecular complexity index is 659. The molecule has 0 saturated heterocycles. The smallest absolute Gasteiger partial charge is 0.254 e. The van der Waals surface area contributed by atoms with E-state index in [4.69, 9.17) is 0 Å². The van der Waals surface area contributed by atoms with Gasteiger partial charge in [0, 0.05) is 12.1 Å². The number of nitrogens with one attached hydrogen (secondary N) is 1. The lowest BCUT2D eigenvalue weighted by molar-refractivity contribution is 0.0945. The van der Waals surface area contributed by atoms with Crippen LogP contribution in [-0.4, -0.2) is 11.0 Å². The van der Waals surface area contributed by atoms with Crippen molar-refractivity contribution in [3.05, 3.63) is 65.0 Å². The molecule has 6 heteroatoms. The van der Waals surface area contributed by atoms with Crippen LogP contribution < -0.4 is 5.32 Å². The molecule has 0 aromatic heterocycles. The predicted molar refractivity (Wildman–Crippen MR) is 65.6 cm³/mol. The standard InChI is InChI=1S/C14H10F3NO2/c15-10-6-5-9(12(16)13(10)17)14(20)18-7-8-3-1-2-4-11(8)19/h1-6,19H,7H2,(H,18,20). The molecule has 2 rings (SSSR count). The van der Waals surface area contributed by atoms with Crippen LogP contribution in [0.2, 0.25) is 0 Å². The first-order valence-corrected chi connectivity index (χ1v) is 5.69. The Morgan fingerprint density at radius 1 is 1.05 bits per heavy atom. The van der Waals surface area contributed by atoms with Crippen LogP contribution in [0, 0.1) is 17.5 Å². The summed E-state index contributed by atoms with van der Waals surface area (Å²) in [6.45, 7) is -0.0655. The number of phenols is 1. The molecule has 0 unspecified atom stereocenters. The van der Waals surface area contributed by atoms with Crippen LogP contribution in [0.4, 0.5) is 13.2 Å². The molecule has 0 bridgehead atoms. The van der Waals surface area contributed by atoms with Gasteiger partial charge in [0.15, 0.2) is 17.5 Å². The number of hydrogen-bond donors (Lipinski definition) is 2. The summed E-state index contributed by atoms with van der Waals surface area (Å²) in [6.07, 6.45) is 0. The second-order valence-electron chi connectivity index (χ2n) is 4.03. The number of halogens is 3. The van der Waals surface area contributed by atoms with Gasteiger partial charge in [-0.3, -0.25) is 4.79 Å². The number of phenolic OH excluding ortho intramolecular Hbond substituents is 1. The lowest BCUT2D eigenvalue weighted by atomic mass is 10.1. The van der Waals surface area contributed by atoms with Crippen LogP contribution in [0.15, 0.2) is 36.4 Å². The maximum absolute atomic E-state index is 13.4. The second kappa shape index (κ2) is 5.64. The van der Waals surface area contributed by atoms with Crippen LogP contribution in [0.25, 0.3) is 0 Å². The fourth-order valence-corrected chi connectivity index (χ4v) is 1.63. The molecular formula is C14H10F3NO2. The predicted octanol–water partition coefficient (Wildman–Crippen LogP) is 2.74. The first kappa shape index (κ1) is 13.9. The Balaban J connectivity index is 2.14. The van der Waals surface area contributed by atoms with Gasteiger partial charge in [0.1, 0.15) is 5.75 Å². The summed E-state index contributed by atoms with van der Waals surface area (Å²) in [4.78, 5) is 11.7. The molecule has 0 fully saturated rings. The largest absolute Gasteiger partial charge is 0.508 e. The number of para-hydroxylation sites is 1. The molecule has 0 heterocycles. The van der Waals surface area contributed by atoms with E-state index in [9.17, 15) is 23.1 Å². The van der Waals surface area contributed by atoms with Crippen LogP contribution >= 0.6 is 0 Å². The third-order valence-corrected chi connectivity index (χ3v) is 2.71. The number of benzene rings is 2. The van der Waals surface area contributed by atoms with Crippen molar-refractivity contribution in [1.29, 1.82) is 0 Å². The lowest BCUT2D eigenvalue weighted by Crippen LogP contribution is -2.24. The first-order valence-electron chi connectivity index (χ1n) is 5.69. The molecule has 0 radical (unpaired) electrons. The molecule has 3 nitrogen and oxygen atoms in total. The molecule has 0 aliphatic heterocycles. The number of hydrogen-bond acceptors (Lipinski definition) is 2. The van der Waals surface area contributed by atoms with Crippen molar-refractivity contribution < 1.29 is 23.1 Å². The summed E-state index contributed by atoms with van der Waals surface area (Å²) < 4.78 is 39.1. The third kappa shape index (κ3) is 2.74. The van der Waals surface area contributed by atoms with Gasteiger partial charge >= 0.3 is 0 Å². The van der Waals surface area contributed by atoms with Crippen molar-refractivity contribution in [1.82, 2.24) is 5.32 Å². The number of aromatic hydroxyl groups is 1. The maximum Gasteiger partial charge on any atom is 0.254 e. The van der Waals surface area contributed by atoms with E-state index in [-0.39, 0.29) is 12.3 Å². The van der Waals surface area contributed by atoms with Gasteiger partial charge in [-0.2, -0.15) is 0 Å². The normalized spacial score (nSPS) is 10.3. The van der Waals surface area contributed by atoms with Crippen molar-refractivity contribution in [3.8, 4) is 5.75 Å². The quantitative estimate of drug-likeness (QED) is 0.850. The number of carbonyl (C=O) groups is 1. The van der Waals surface area contributed by atoms with E-state index < -0.39 is 28.9 Å². The molecule has 0 aliphatic rings. The molecule has 0 atom stereocenters. The molecule has 2 aromatic rings. The summed E-state index contributed by atoms with van der Waals surface area (Å²) in [5.41, 5.74) is -0.178. The molecule has 20 heavy (non-hydrogen) atoms. The van der Waals surface area contributed by atoms with Crippen molar-refractivity contribution in [2.24, 2.45) is 0 Å². The Morgan fingerprint density at radius 3 is 2.45 bits per heavy atom. The Hall–Kier alpha value is -2.50. The highest BCUT2D eigenvalue weighted by Gasteiger charge is 2.18. The highest BCUT2D eigenvalue weighted by Crippen LogP contribution is 2.17. The third-order valence-electron chi connectivity index (χ3n) is 2.71. The Labute approximate surface area is 112 Å². The van der Waals surface area contributed by atoms with Crippen molar-refractivity contribution >= 4 is 5.91 Å². The number of carbonyl (C=O) groups excluding carboxylic acids is 1. The van der Waals surface area contributed by atoms with Crippen LogP contribution in [0.5, 0.6) is 5.75 Å². The summed E-state index contributed by atoms with van der Waals surface area (Å²) in [7, 11) is 0. The minimum atomic E-state index is -1.69. The highest BCUT2D eigenvalue weighted by atomic mass is 19.2. The molecule has 2 aromatic carbocycles.